The molecule has 8 heteroatoms. The van der Waals surface area contributed by atoms with E-state index in [2.05, 4.69) is 10.3 Å². The van der Waals surface area contributed by atoms with Gasteiger partial charge >= 0.3 is 12.3 Å². The summed E-state index contributed by atoms with van der Waals surface area (Å²) in [6.07, 6.45) is -1.21. The van der Waals surface area contributed by atoms with E-state index in [-0.39, 0.29) is 5.56 Å². The Kier molecular flexibility index (Phi) is 4.46. The lowest BCUT2D eigenvalue weighted by Crippen LogP contribution is -2.41. The van der Waals surface area contributed by atoms with E-state index in [0.717, 1.165) is 0 Å². The summed E-state index contributed by atoms with van der Waals surface area (Å²) in [7, 11) is 1.52. The van der Waals surface area contributed by atoms with Crippen LogP contribution in [0.5, 0.6) is 0 Å². The van der Waals surface area contributed by atoms with E-state index >= 15 is 0 Å². The number of carbonyl (C=O) groups excluding carboxylic acids is 1. The van der Waals surface area contributed by atoms with Crippen molar-refractivity contribution in [2.75, 3.05) is 18.9 Å². The van der Waals surface area contributed by atoms with Crippen molar-refractivity contribution in [3.63, 3.8) is 0 Å². The Bertz CT molecular complexity index is 425. The van der Waals surface area contributed by atoms with E-state index in [9.17, 15) is 22.4 Å². The van der Waals surface area contributed by atoms with Gasteiger partial charge in [-0.15, -0.1) is 0 Å². The second-order valence-corrected chi connectivity index (χ2v) is 3.42. The van der Waals surface area contributed by atoms with E-state index in [1.165, 1.54) is 25.5 Å². The smallest absolute Gasteiger partial charge is 0.324 e. The number of alkyl halides is 4. The number of amides is 1. The predicted molar refractivity (Wildman–Crippen MR) is 57.1 cm³/mol. The maximum absolute atomic E-state index is 12.6. The number of halogens is 4. The molecule has 4 nitrogen and oxygen atoms in total. The Hall–Kier alpha value is -1.86. The third-order valence-electron chi connectivity index (χ3n) is 2.14. The molecular weight excluding hydrogens is 254 g/mol. The molecule has 0 radical (unpaired) electrons. The molecule has 1 amide bonds. The maximum Gasteiger partial charge on any atom is 0.324 e. The minimum Gasteiger partial charge on any atom is -0.386 e. The lowest BCUT2D eigenvalue weighted by molar-refractivity contribution is -0.123. The van der Waals surface area contributed by atoms with Crippen molar-refractivity contribution in [3.8, 4) is 0 Å². The van der Waals surface area contributed by atoms with Crippen LogP contribution in [0.3, 0.4) is 0 Å². The first-order valence-electron chi connectivity index (χ1n) is 4.94. The summed E-state index contributed by atoms with van der Waals surface area (Å²) >= 11 is 0. The molecule has 0 spiro atoms. The summed E-state index contributed by atoms with van der Waals surface area (Å²) in [6, 6.07) is 1.29. The fourth-order valence-electron chi connectivity index (χ4n) is 1.16. The highest BCUT2D eigenvalue weighted by Crippen LogP contribution is 2.22. The van der Waals surface area contributed by atoms with Gasteiger partial charge in [0.25, 0.3) is 5.91 Å². The van der Waals surface area contributed by atoms with Gasteiger partial charge in [-0.25, -0.2) is 8.78 Å². The van der Waals surface area contributed by atoms with Crippen LogP contribution in [-0.4, -0.2) is 36.8 Å². The highest BCUT2D eigenvalue weighted by molar-refractivity contribution is 5.99. The molecule has 1 heterocycles. The molecule has 0 aliphatic heterocycles. The van der Waals surface area contributed by atoms with Crippen LogP contribution < -0.4 is 10.6 Å². The van der Waals surface area contributed by atoms with Gasteiger partial charge in [0.1, 0.15) is 0 Å². The largest absolute Gasteiger partial charge is 0.386 e. The first-order chi connectivity index (χ1) is 8.38. The summed E-state index contributed by atoms with van der Waals surface area (Å²) in [6.45, 7) is -1.42. The molecule has 100 valence electrons. The number of aromatic nitrogens is 1. The lowest BCUT2D eigenvalue weighted by atomic mass is 10.2. The Labute approximate surface area is 100 Å². The van der Waals surface area contributed by atoms with Gasteiger partial charge in [0.05, 0.1) is 24.0 Å². The summed E-state index contributed by atoms with van der Waals surface area (Å²) in [4.78, 5) is 15.3. The Morgan fingerprint density at radius 2 is 2.17 bits per heavy atom. The van der Waals surface area contributed by atoms with E-state index < -0.39 is 24.8 Å². The Morgan fingerprint density at radius 1 is 1.50 bits per heavy atom. The molecule has 1 aromatic rings. The summed E-state index contributed by atoms with van der Waals surface area (Å²) in [5, 5.41) is 4.40. The third-order valence-corrected chi connectivity index (χ3v) is 2.14. The average molecular weight is 265 g/mol. The van der Waals surface area contributed by atoms with Gasteiger partial charge < -0.3 is 10.6 Å². The second kappa shape index (κ2) is 5.65. The van der Waals surface area contributed by atoms with Gasteiger partial charge in [-0.2, -0.15) is 8.78 Å². The van der Waals surface area contributed by atoms with Gasteiger partial charge in [0.15, 0.2) is 0 Å². The van der Waals surface area contributed by atoms with Crippen molar-refractivity contribution >= 4 is 11.6 Å². The van der Waals surface area contributed by atoms with Crippen molar-refractivity contribution in [2.45, 2.75) is 12.3 Å². The van der Waals surface area contributed by atoms with Gasteiger partial charge in [-0.3, -0.25) is 9.78 Å². The molecule has 0 aromatic carbocycles. The average Bonchev–Trinajstić information content (AvgIpc) is 2.35. The zero-order valence-electron chi connectivity index (χ0n) is 9.38. The normalized spacial score (nSPS) is 11.4. The molecule has 0 unspecified atom stereocenters. The number of carbonyl (C=O) groups is 1. The Morgan fingerprint density at radius 3 is 2.72 bits per heavy atom. The first-order valence-corrected chi connectivity index (χ1v) is 4.94. The number of rotatable bonds is 5. The van der Waals surface area contributed by atoms with Gasteiger partial charge in [-0.05, 0) is 6.07 Å². The summed E-state index contributed by atoms with van der Waals surface area (Å²) in [5.74, 6) is -5.12. The van der Waals surface area contributed by atoms with Crippen LogP contribution in [0.15, 0.2) is 18.5 Å². The fraction of sp³-hybridized carbons (Fsp3) is 0.400. The van der Waals surface area contributed by atoms with Crippen LogP contribution in [-0.2, 0) is 0 Å². The van der Waals surface area contributed by atoms with E-state index in [4.69, 9.17) is 0 Å². The molecule has 0 saturated carbocycles. The fourth-order valence-corrected chi connectivity index (χ4v) is 1.16. The predicted octanol–water partition coefficient (Wildman–Crippen LogP) is 1.75. The van der Waals surface area contributed by atoms with E-state index in [1.807, 2.05) is 0 Å². The number of anilines is 1. The standard InChI is InChI=1S/C10H11F4N3O/c1-15-7-4-16-3-2-6(7)8(18)17-5-10(13,14)9(11)12/h2-4,9,15H,5H2,1H3,(H,17,18). The second-order valence-electron chi connectivity index (χ2n) is 3.42. The van der Waals surface area contributed by atoms with Crippen LogP contribution >= 0.6 is 0 Å². The van der Waals surface area contributed by atoms with Crippen LogP contribution in [0.4, 0.5) is 23.2 Å². The molecule has 1 rings (SSSR count). The highest BCUT2D eigenvalue weighted by atomic mass is 19.3. The van der Waals surface area contributed by atoms with Crippen molar-refractivity contribution in [1.82, 2.24) is 10.3 Å². The van der Waals surface area contributed by atoms with E-state index in [1.54, 1.807) is 5.32 Å². The van der Waals surface area contributed by atoms with Crippen LogP contribution in [0.2, 0.25) is 0 Å². The van der Waals surface area contributed by atoms with Crippen molar-refractivity contribution in [2.24, 2.45) is 0 Å². The minimum absolute atomic E-state index is 0.0533. The molecular formula is C10H11F4N3O. The number of nitrogens with one attached hydrogen (secondary N) is 2. The number of hydrogen-bond donors (Lipinski definition) is 2. The first kappa shape index (κ1) is 14.2. The van der Waals surface area contributed by atoms with Gasteiger partial charge in [-0.1, -0.05) is 0 Å². The molecule has 1 aromatic heterocycles. The lowest BCUT2D eigenvalue weighted by Gasteiger charge is -2.16. The minimum atomic E-state index is -4.25. The topological polar surface area (TPSA) is 54.0 Å². The maximum atomic E-state index is 12.6. The van der Waals surface area contributed by atoms with Gasteiger partial charge in [0, 0.05) is 13.2 Å². The quantitative estimate of drug-likeness (QED) is 0.797. The molecule has 0 saturated heterocycles. The zero-order valence-corrected chi connectivity index (χ0v) is 9.38. The SMILES string of the molecule is CNc1cnccc1C(=O)NCC(F)(F)C(F)F. The molecule has 18 heavy (non-hydrogen) atoms. The Balaban J connectivity index is 2.72. The number of hydrogen-bond acceptors (Lipinski definition) is 3. The molecule has 0 bridgehead atoms. The number of pyridine rings is 1. The van der Waals surface area contributed by atoms with Gasteiger partial charge in [0.2, 0.25) is 0 Å². The molecule has 0 aliphatic rings. The van der Waals surface area contributed by atoms with Crippen molar-refractivity contribution in [3.05, 3.63) is 24.0 Å². The molecule has 2 N–H and O–H groups in total. The highest BCUT2D eigenvalue weighted by Gasteiger charge is 2.40. The zero-order chi connectivity index (χ0) is 13.8. The van der Waals surface area contributed by atoms with E-state index in [0.29, 0.717) is 5.69 Å². The molecule has 0 aliphatic carbocycles. The summed E-state index contributed by atoms with van der Waals surface area (Å²) in [5.41, 5.74) is 0.368. The van der Waals surface area contributed by atoms with Crippen LogP contribution in [0.25, 0.3) is 0 Å². The molecule has 0 atom stereocenters. The van der Waals surface area contributed by atoms with Crippen LogP contribution in [0, 0.1) is 0 Å². The summed E-state index contributed by atoms with van der Waals surface area (Å²) < 4.78 is 49.0. The molecule has 0 fully saturated rings. The van der Waals surface area contributed by atoms with Crippen molar-refractivity contribution < 1.29 is 22.4 Å². The van der Waals surface area contributed by atoms with Crippen molar-refractivity contribution in [1.29, 1.82) is 0 Å². The number of nitrogens with zero attached hydrogens (tertiary/aromatic N) is 1. The monoisotopic (exact) mass is 265 g/mol. The van der Waals surface area contributed by atoms with Crippen LogP contribution in [0.1, 0.15) is 10.4 Å². The third kappa shape index (κ3) is 3.31.